The van der Waals surface area contributed by atoms with Crippen molar-refractivity contribution >= 4 is 15.9 Å². The Balaban J connectivity index is 2.34. The molecule has 1 unspecified atom stereocenters. The van der Waals surface area contributed by atoms with Crippen LogP contribution in [0.4, 0.5) is 4.39 Å². The highest BCUT2D eigenvalue weighted by molar-refractivity contribution is 9.10. The van der Waals surface area contributed by atoms with E-state index >= 15 is 0 Å². The summed E-state index contributed by atoms with van der Waals surface area (Å²) < 4.78 is 19.2. The van der Waals surface area contributed by atoms with Crippen LogP contribution in [0.15, 0.2) is 34.8 Å². The molecule has 4 heteroatoms. The average molecular weight is 352 g/mol. The second kappa shape index (κ2) is 6.58. The van der Waals surface area contributed by atoms with E-state index in [1.165, 1.54) is 29.9 Å². The average Bonchev–Trinajstić information content (AvgIpc) is 2.45. The molecule has 0 spiro atoms. The van der Waals surface area contributed by atoms with Crippen LogP contribution in [0.1, 0.15) is 28.3 Å². The van der Waals surface area contributed by atoms with Crippen LogP contribution in [0.5, 0.6) is 5.75 Å². The largest absolute Gasteiger partial charge is 0.496 e. The summed E-state index contributed by atoms with van der Waals surface area (Å²) in [5.41, 5.74) is 10.7. The fourth-order valence-electron chi connectivity index (χ4n) is 2.38. The van der Waals surface area contributed by atoms with E-state index in [9.17, 15) is 4.39 Å². The molecule has 21 heavy (non-hydrogen) atoms. The van der Waals surface area contributed by atoms with Crippen molar-refractivity contribution in [2.75, 3.05) is 7.11 Å². The molecule has 2 N–H and O–H groups in total. The molecule has 0 bridgehead atoms. The summed E-state index contributed by atoms with van der Waals surface area (Å²) in [6, 6.07) is 9.12. The molecule has 2 aromatic rings. The molecule has 0 saturated heterocycles. The Labute approximate surface area is 133 Å². The number of methoxy groups -OCH3 is 1. The Kier molecular flexibility index (Phi) is 5.01. The topological polar surface area (TPSA) is 35.2 Å². The third-order valence-electron chi connectivity index (χ3n) is 3.62. The van der Waals surface area contributed by atoms with Gasteiger partial charge in [0.25, 0.3) is 0 Å². The minimum Gasteiger partial charge on any atom is -0.496 e. The Morgan fingerprint density at radius 1 is 1.24 bits per heavy atom. The lowest BCUT2D eigenvalue weighted by Crippen LogP contribution is -2.15. The van der Waals surface area contributed by atoms with Gasteiger partial charge in [0, 0.05) is 17.7 Å². The van der Waals surface area contributed by atoms with E-state index in [4.69, 9.17) is 10.5 Å². The SMILES string of the molecule is COc1cc(F)c(Br)cc1C(N)Cc1cc(C)ccc1C. The van der Waals surface area contributed by atoms with Gasteiger partial charge in [-0.25, -0.2) is 4.39 Å². The number of rotatable bonds is 4. The lowest BCUT2D eigenvalue weighted by molar-refractivity contribution is 0.401. The van der Waals surface area contributed by atoms with Gasteiger partial charge in [0.1, 0.15) is 11.6 Å². The van der Waals surface area contributed by atoms with Gasteiger partial charge in [-0.15, -0.1) is 0 Å². The second-order valence-electron chi connectivity index (χ2n) is 5.25. The zero-order valence-electron chi connectivity index (χ0n) is 12.4. The van der Waals surface area contributed by atoms with Crippen LogP contribution in [0.3, 0.4) is 0 Å². The van der Waals surface area contributed by atoms with Crippen molar-refractivity contribution in [3.05, 3.63) is 62.9 Å². The van der Waals surface area contributed by atoms with E-state index in [2.05, 4.69) is 48.0 Å². The Hall–Kier alpha value is -1.39. The van der Waals surface area contributed by atoms with E-state index in [1.807, 2.05) is 0 Å². The van der Waals surface area contributed by atoms with Crippen LogP contribution < -0.4 is 10.5 Å². The van der Waals surface area contributed by atoms with E-state index in [1.54, 1.807) is 6.07 Å². The fourth-order valence-corrected chi connectivity index (χ4v) is 2.74. The molecule has 0 aliphatic rings. The maximum atomic E-state index is 13.6. The standard InChI is InChI=1S/C17H19BrFNO/c1-10-4-5-11(2)12(6-10)7-16(20)13-8-14(18)15(19)9-17(13)21-3/h4-6,8-9,16H,7,20H2,1-3H3. The summed E-state index contributed by atoms with van der Waals surface area (Å²) in [6.07, 6.45) is 0.682. The summed E-state index contributed by atoms with van der Waals surface area (Å²) >= 11 is 3.20. The predicted octanol–water partition coefficient (Wildman–Crippen LogP) is 4.46. The van der Waals surface area contributed by atoms with Crippen molar-refractivity contribution in [3.8, 4) is 5.75 Å². The van der Waals surface area contributed by atoms with E-state index < -0.39 is 0 Å². The van der Waals surface area contributed by atoms with Crippen LogP contribution in [-0.2, 0) is 6.42 Å². The second-order valence-corrected chi connectivity index (χ2v) is 6.10. The normalized spacial score (nSPS) is 12.3. The van der Waals surface area contributed by atoms with Gasteiger partial charge in [0.05, 0.1) is 11.6 Å². The van der Waals surface area contributed by atoms with Gasteiger partial charge in [-0.05, 0) is 53.4 Å². The van der Waals surface area contributed by atoms with E-state index in [0.717, 1.165) is 5.56 Å². The molecule has 0 aromatic heterocycles. The summed E-state index contributed by atoms with van der Waals surface area (Å²) in [5.74, 6) is 0.128. The maximum absolute atomic E-state index is 13.6. The van der Waals surface area contributed by atoms with Crippen LogP contribution >= 0.6 is 15.9 Å². The molecule has 2 rings (SSSR count). The fraction of sp³-hybridized carbons (Fsp3) is 0.294. The first-order valence-corrected chi connectivity index (χ1v) is 7.56. The van der Waals surface area contributed by atoms with Crippen molar-refractivity contribution in [1.29, 1.82) is 0 Å². The summed E-state index contributed by atoms with van der Waals surface area (Å²) in [7, 11) is 1.52. The zero-order chi connectivity index (χ0) is 15.6. The van der Waals surface area contributed by atoms with Crippen molar-refractivity contribution in [1.82, 2.24) is 0 Å². The lowest BCUT2D eigenvalue weighted by atomic mass is 9.95. The van der Waals surface area contributed by atoms with Gasteiger partial charge in [-0.2, -0.15) is 0 Å². The number of aryl methyl sites for hydroxylation is 2. The molecule has 112 valence electrons. The van der Waals surface area contributed by atoms with Gasteiger partial charge in [-0.1, -0.05) is 23.8 Å². The third kappa shape index (κ3) is 3.63. The number of hydrogen-bond acceptors (Lipinski definition) is 2. The van der Waals surface area contributed by atoms with E-state index in [-0.39, 0.29) is 11.9 Å². The van der Waals surface area contributed by atoms with E-state index in [0.29, 0.717) is 16.6 Å². The summed E-state index contributed by atoms with van der Waals surface area (Å²) in [5, 5.41) is 0. The lowest BCUT2D eigenvalue weighted by Gasteiger charge is -2.18. The van der Waals surface area contributed by atoms with Gasteiger partial charge in [0.2, 0.25) is 0 Å². The molecule has 0 aliphatic carbocycles. The molecule has 0 aliphatic heterocycles. The molecule has 0 fully saturated rings. The number of hydrogen-bond donors (Lipinski definition) is 1. The predicted molar refractivity (Wildman–Crippen MR) is 87.2 cm³/mol. The minimum absolute atomic E-state index is 0.252. The molecule has 1 atom stereocenters. The Bertz CT molecular complexity index is 657. The highest BCUT2D eigenvalue weighted by Gasteiger charge is 2.16. The van der Waals surface area contributed by atoms with Crippen molar-refractivity contribution in [2.45, 2.75) is 26.3 Å². The smallest absolute Gasteiger partial charge is 0.141 e. The quantitative estimate of drug-likeness (QED) is 0.882. The first-order valence-electron chi connectivity index (χ1n) is 6.77. The summed E-state index contributed by atoms with van der Waals surface area (Å²) in [6.45, 7) is 4.13. The number of ether oxygens (including phenoxy) is 1. The van der Waals surface area contributed by atoms with Gasteiger partial charge < -0.3 is 10.5 Å². The first kappa shape index (κ1) is 16.0. The Morgan fingerprint density at radius 3 is 2.62 bits per heavy atom. The summed E-state index contributed by atoms with van der Waals surface area (Å²) in [4.78, 5) is 0. The van der Waals surface area contributed by atoms with Gasteiger partial charge >= 0.3 is 0 Å². The zero-order valence-corrected chi connectivity index (χ0v) is 14.0. The molecular formula is C17H19BrFNO. The van der Waals surface area contributed by atoms with Crippen LogP contribution in [-0.4, -0.2) is 7.11 Å². The van der Waals surface area contributed by atoms with Gasteiger partial charge in [-0.3, -0.25) is 0 Å². The monoisotopic (exact) mass is 351 g/mol. The highest BCUT2D eigenvalue weighted by atomic mass is 79.9. The molecule has 0 amide bonds. The third-order valence-corrected chi connectivity index (χ3v) is 4.22. The van der Waals surface area contributed by atoms with Gasteiger partial charge in [0.15, 0.2) is 0 Å². The van der Waals surface area contributed by atoms with Crippen molar-refractivity contribution in [3.63, 3.8) is 0 Å². The molecule has 0 radical (unpaired) electrons. The molecule has 2 nitrogen and oxygen atoms in total. The minimum atomic E-state index is -0.352. The molecule has 0 heterocycles. The van der Waals surface area contributed by atoms with Crippen molar-refractivity contribution in [2.24, 2.45) is 5.73 Å². The molecule has 2 aromatic carbocycles. The maximum Gasteiger partial charge on any atom is 0.141 e. The van der Waals surface area contributed by atoms with Crippen LogP contribution in [0.2, 0.25) is 0 Å². The van der Waals surface area contributed by atoms with Crippen LogP contribution in [0.25, 0.3) is 0 Å². The first-order chi connectivity index (χ1) is 9.92. The molecule has 0 saturated carbocycles. The highest BCUT2D eigenvalue weighted by Crippen LogP contribution is 2.31. The number of benzene rings is 2. The number of nitrogens with two attached hydrogens (primary N) is 1. The number of halogens is 2. The molecular weight excluding hydrogens is 333 g/mol. The van der Waals surface area contributed by atoms with Crippen LogP contribution in [0, 0.1) is 19.7 Å². The van der Waals surface area contributed by atoms with Crippen molar-refractivity contribution < 1.29 is 9.13 Å². The Morgan fingerprint density at radius 2 is 1.95 bits per heavy atom.